The van der Waals surface area contributed by atoms with Crippen molar-refractivity contribution in [2.24, 2.45) is 4.99 Å². The molecule has 1 aliphatic rings. The molecule has 0 radical (unpaired) electrons. The summed E-state index contributed by atoms with van der Waals surface area (Å²) in [5.74, 6) is 0. The van der Waals surface area contributed by atoms with Crippen LogP contribution in [-0.2, 0) is 6.18 Å². The summed E-state index contributed by atoms with van der Waals surface area (Å²) < 4.78 is 40.0. The fourth-order valence-electron chi connectivity index (χ4n) is 3.28. The summed E-state index contributed by atoms with van der Waals surface area (Å²) in [5.41, 5.74) is 1.68. The quantitative estimate of drug-likeness (QED) is 0.555. The van der Waals surface area contributed by atoms with E-state index in [9.17, 15) is 18.0 Å². The van der Waals surface area contributed by atoms with Crippen molar-refractivity contribution in [3.63, 3.8) is 0 Å². The number of hydrogen-bond donors (Lipinski definition) is 0. The molecule has 0 aliphatic carbocycles. The van der Waals surface area contributed by atoms with Gasteiger partial charge in [0.25, 0.3) is 0 Å². The van der Waals surface area contributed by atoms with E-state index in [1.807, 2.05) is 40.4 Å². The van der Waals surface area contributed by atoms with Crippen molar-refractivity contribution in [2.45, 2.75) is 19.0 Å². The average molecular weight is 417 g/mol. The molecular formula is C21H18F3N3OS. The number of amides is 2. The molecule has 8 heteroatoms. The minimum absolute atomic E-state index is 0.222. The van der Waals surface area contributed by atoms with Gasteiger partial charge < -0.3 is 4.90 Å². The Hall–Kier alpha value is -2.87. The second kappa shape index (κ2) is 7.87. The van der Waals surface area contributed by atoms with Crippen molar-refractivity contribution in [1.82, 2.24) is 9.47 Å². The average Bonchev–Trinajstić information content (AvgIpc) is 3.40. The molecule has 2 heterocycles. The fraction of sp³-hybridized carbons (Fsp3) is 0.238. The normalized spacial score (nSPS) is 15.1. The van der Waals surface area contributed by atoms with Gasteiger partial charge in [0.1, 0.15) is 0 Å². The van der Waals surface area contributed by atoms with Gasteiger partial charge >= 0.3 is 12.2 Å². The Morgan fingerprint density at radius 2 is 1.52 bits per heavy atom. The van der Waals surface area contributed by atoms with E-state index in [-0.39, 0.29) is 6.03 Å². The van der Waals surface area contributed by atoms with E-state index in [0.717, 1.165) is 49.3 Å². The van der Waals surface area contributed by atoms with Gasteiger partial charge in [0.15, 0.2) is 4.80 Å². The maximum absolute atomic E-state index is 12.7. The number of nitrogens with zero attached hydrogens (tertiary/aromatic N) is 3. The van der Waals surface area contributed by atoms with Gasteiger partial charge in [-0.15, -0.1) is 11.3 Å². The predicted molar refractivity (Wildman–Crippen MR) is 106 cm³/mol. The summed E-state index contributed by atoms with van der Waals surface area (Å²) in [5, 5.41) is 1.86. The number of alkyl halides is 3. The highest BCUT2D eigenvalue weighted by molar-refractivity contribution is 7.07. The van der Waals surface area contributed by atoms with E-state index >= 15 is 0 Å². The van der Waals surface area contributed by atoms with Crippen LogP contribution in [0, 0.1) is 0 Å². The predicted octanol–water partition coefficient (Wildman–Crippen LogP) is 5.34. The first-order valence-electron chi connectivity index (χ1n) is 9.20. The van der Waals surface area contributed by atoms with Gasteiger partial charge in [-0.25, -0.2) is 4.79 Å². The van der Waals surface area contributed by atoms with E-state index < -0.39 is 11.7 Å². The maximum Gasteiger partial charge on any atom is 0.416 e. The van der Waals surface area contributed by atoms with Crippen LogP contribution in [0.5, 0.6) is 0 Å². The molecule has 1 aliphatic heterocycles. The SMILES string of the molecule is O=C(N=c1sccn1-c1ccc(-c2ccc(C(F)(F)F)cc2)cc1)N1CCCC1. The summed E-state index contributed by atoms with van der Waals surface area (Å²) in [6.45, 7) is 1.49. The summed E-state index contributed by atoms with van der Waals surface area (Å²) >= 11 is 1.38. The van der Waals surface area contributed by atoms with Crippen LogP contribution < -0.4 is 4.80 Å². The molecule has 2 aromatic carbocycles. The Morgan fingerprint density at radius 1 is 0.931 bits per heavy atom. The standard InChI is InChI=1S/C21H18F3N3OS/c22-21(23,24)17-7-3-15(4-8-17)16-5-9-18(10-6-16)27-13-14-29-20(27)25-19(28)26-11-1-2-12-26/h3-10,13-14H,1-2,11-12H2. The molecule has 0 saturated carbocycles. The van der Waals surface area contributed by atoms with Crippen LogP contribution in [0.25, 0.3) is 16.8 Å². The number of likely N-dealkylation sites (tertiary alicyclic amines) is 1. The summed E-state index contributed by atoms with van der Waals surface area (Å²) in [6, 6.07) is 12.3. The van der Waals surface area contributed by atoms with Gasteiger partial charge in [-0.05, 0) is 48.2 Å². The largest absolute Gasteiger partial charge is 0.416 e. The van der Waals surface area contributed by atoms with Crippen molar-refractivity contribution < 1.29 is 18.0 Å². The number of carbonyl (C=O) groups excluding carboxylic acids is 1. The first-order chi connectivity index (χ1) is 13.9. The number of halogens is 3. The highest BCUT2D eigenvalue weighted by Gasteiger charge is 2.29. The third kappa shape index (κ3) is 4.27. The van der Waals surface area contributed by atoms with Gasteiger partial charge in [-0.3, -0.25) is 4.57 Å². The van der Waals surface area contributed by atoms with Crippen LogP contribution in [0.4, 0.5) is 18.0 Å². The molecule has 4 rings (SSSR count). The summed E-state index contributed by atoms with van der Waals surface area (Å²) in [7, 11) is 0. The number of carbonyl (C=O) groups is 1. The lowest BCUT2D eigenvalue weighted by Gasteiger charge is -2.11. The minimum Gasteiger partial charge on any atom is -0.323 e. The molecule has 1 fully saturated rings. The topological polar surface area (TPSA) is 37.6 Å². The molecule has 3 aromatic rings. The zero-order valence-electron chi connectivity index (χ0n) is 15.4. The molecule has 1 aromatic heterocycles. The number of aromatic nitrogens is 1. The Labute approximate surface area is 169 Å². The van der Waals surface area contributed by atoms with E-state index in [4.69, 9.17) is 0 Å². The molecular weight excluding hydrogens is 399 g/mol. The molecule has 1 saturated heterocycles. The van der Waals surface area contributed by atoms with Crippen LogP contribution in [0.2, 0.25) is 0 Å². The summed E-state index contributed by atoms with van der Waals surface area (Å²) in [4.78, 5) is 18.9. The van der Waals surface area contributed by atoms with E-state index in [2.05, 4.69) is 4.99 Å². The van der Waals surface area contributed by atoms with Crippen molar-refractivity contribution in [3.8, 4) is 16.8 Å². The van der Waals surface area contributed by atoms with Gasteiger partial charge in [-0.2, -0.15) is 18.2 Å². The highest BCUT2D eigenvalue weighted by atomic mass is 32.1. The second-order valence-corrected chi connectivity index (χ2v) is 7.64. The molecule has 0 spiro atoms. The number of benzene rings is 2. The fourth-order valence-corrected chi connectivity index (χ4v) is 3.99. The molecule has 0 bridgehead atoms. The Morgan fingerprint density at radius 3 is 2.10 bits per heavy atom. The molecule has 0 N–H and O–H groups in total. The zero-order chi connectivity index (χ0) is 20.4. The number of rotatable bonds is 2. The molecule has 29 heavy (non-hydrogen) atoms. The first kappa shape index (κ1) is 19.4. The molecule has 150 valence electrons. The third-order valence-electron chi connectivity index (χ3n) is 4.85. The Bertz CT molecular complexity index is 1060. The molecule has 0 atom stereocenters. The van der Waals surface area contributed by atoms with Crippen molar-refractivity contribution in [1.29, 1.82) is 0 Å². The molecule has 2 amide bonds. The van der Waals surface area contributed by atoms with Gasteiger partial charge in [0.2, 0.25) is 0 Å². The minimum atomic E-state index is -4.34. The molecule has 0 unspecified atom stereocenters. The summed E-state index contributed by atoms with van der Waals surface area (Å²) in [6.07, 6.45) is -0.480. The van der Waals surface area contributed by atoms with E-state index in [1.54, 1.807) is 4.90 Å². The lowest BCUT2D eigenvalue weighted by Crippen LogP contribution is -2.27. The van der Waals surface area contributed by atoms with Crippen molar-refractivity contribution in [3.05, 3.63) is 70.5 Å². The Balaban J connectivity index is 1.58. The lowest BCUT2D eigenvalue weighted by molar-refractivity contribution is -0.137. The number of hydrogen-bond acceptors (Lipinski definition) is 2. The zero-order valence-corrected chi connectivity index (χ0v) is 16.2. The highest BCUT2D eigenvalue weighted by Crippen LogP contribution is 2.31. The van der Waals surface area contributed by atoms with Crippen molar-refractivity contribution in [2.75, 3.05) is 13.1 Å². The van der Waals surface area contributed by atoms with Crippen LogP contribution >= 0.6 is 11.3 Å². The third-order valence-corrected chi connectivity index (χ3v) is 5.60. The van der Waals surface area contributed by atoms with E-state index in [1.165, 1.54) is 23.5 Å². The monoisotopic (exact) mass is 417 g/mol. The van der Waals surface area contributed by atoms with Crippen LogP contribution in [-0.4, -0.2) is 28.6 Å². The van der Waals surface area contributed by atoms with Gasteiger partial charge in [0, 0.05) is 30.4 Å². The Kier molecular flexibility index (Phi) is 5.27. The van der Waals surface area contributed by atoms with Gasteiger partial charge in [-0.1, -0.05) is 24.3 Å². The van der Waals surface area contributed by atoms with Crippen LogP contribution in [0.1, 0.15) is 18.4 Å². The lowest BCUT2D eigenvalue weighted by atomic mass is 10.0. The van der Waals surface area contributed by atoms with Crippen LogP contribution in [0.3, 0.4) is 0 Å². The number of urea groups is 1. The first-order valence-corrected chi connectivity index (χ1v) is 10.1. The number of thiazole rings is 1. The smallest absolute Gasteiger partial charge is 0.323 e. The van der Waals surface area contributed by atoms with Gasteiger partial charge in [0.05, 0.1) is 5.56 Å². The maximum atomic E-state index is 12.7. The van der Waals surface area contributed by atoms with Crippen molar-refractivity contribution >= 4 is 17.4 Å². The second-order valence-electron chi connectivity index (χ2n) is 6.77. The van der Waals surface area contributed by atoms with E-state index in [0.29, 0.717) is 10.4 Å². The van der Waals surface area contributed by atoms with Crippen LogP contribution in [0.15, 0.2) is 65.1 Å². The molecule has 4 nitrogen and oxygen atoms in total.